The summed E-state index contributed by atoms with van der Waals surface area (Å²) in [4.78, 5) is 29.1. The summed E-state index contributed by atoms with van der Waals surface area (Å²) in [7, 11) is 0. The smallest absolute Gasteiger partial charge is 0.228 e. The highest BCUT2D eigenvalue weighted by Gasteiger charge is 2.34. The molecule has 0 bridgehead atoms. The standard InChI is InChI=1S/C23H28N8OS/c32-19(12-21-24-13-25-33-21)18-9-4-10-31(18)23-26-16-8-3-7-15(16)22(28-23)27-20-11-17(29-30-20)14-5-1-2-6-14/h11,13-14,18H,1-10,12H2,(H2,26,27,28,29,30). The number of aryl methyl sites for hydroxylation is 1. The van der Waals surface area contributed by atoms with Gasteiger partial charge in [0.2, 0.25) is 5.95 Å². The predicted octanol–water partition coefficient (Wildman–Crippen LogP) is 3.72. The van der Waals surface area contributed by atoms with Crippen LogP contribution in [0.4, 0.5) is 17.6 Å². The maximum absolute atomic E-state index is 13.0. The van der Waals surface area contributed by atoms with Gasteiger partial charge in [0, 0.05) is 29.8 Å². The van der Waals surface area contributed by atoms with Crippen molar-refractivity contribution in [3.63, 3.8) is 0 Å². The van der Waals surface area contributed by atoms with Crippen LogP contribution in [-0.4, -0.2) is 47.9 Å². The number of nitrogens with zero attached hydrogens (tertiary/aromatic N) is 6. The van der Waals surface area contributed by atoms with Crippen LogP contribution in [0.25, 0.3) is 0 Å². The number of hydrogen-bond acceptors (Lipinski definition) is 9. The Balaban J connectivity index is 1.25. The lowest BCUT2D eigenvalue weighted by atomic mass is 10.0. The molecule has 10 heteroatoms. The lowest BCUT2D eigenvalue weighted by Gasteiger charge is -2.24. The molecule has 3 aromatic heterocycles. The van der Waals surface area contributed by atoms with E-state index in [1.54, 1.807) is 0 Å². The van der Waals surface area contributed by atoms with E-state index in [1.807, 2.05) is 0 Å². The Kier molecular flexibility index (Phi) is 5.53. The molecule has 3 aromatic rings. The van der Waals surface area contributed by atoms with E-state index in [-0.39, 0.29) is 11.8 Å². The van der Waals surface area contributed by atoms with Crippen molar-refractivity contribution in [3.8, 4) is 0 Å². The van der Waals surface area contributed by atoms with Gasteiger partial charge in [0.25, 0.3) is 0 Å². The van der Waals surface area contributed by atoms with Crippen LogP contribution in [0.2, 0.25) is 0 Å². The lowest BCUT2D eigenvalue weighted by molar-refractivity contribution is -0.119. The van der Waals surface area contributed by atoms with Crippen molar-refractivity contribution in [2.45, 2.75) is 76.2 Å². The minimum atomic E-state index is -0.208. The van der Waals surface area contributed by atoms with Crippen LogP contribution in [0, 0.1) is 0 Å². The summed E-state index contributed by atoms with van der Waals surface area (Å²) in [5, 5.41) is 12.0. The second-order valence-corrected chi connectivity index (χ2v) is 10.2. The highest BCUT2D eigenvalue weighted by atomic mass is 32.1. The quantitative estimate of drug-likeness (QED) is 0.544. The molecule has 2 fully saturated rings. The van der Waals surface area contributed by atoms with Gasteiger partial charge in [-0.05, 0) is 56.5 Å². The van der Waals surface area contributed by atoms with Gasteiger partial charge in [-0.2, -0.15) is 14.5 Å². The number of carbonyl (C=O) groups is 1. The normalized spacial score (nSPS) is 20.5. The molecule has 0 amide bonds. The predicted molar refractivity (Wildman–Crippen MR) is 126 cm³/mol. The number of nitrogens with one attached hydrogen (secondary N) is 2. The summed E-state index contributed by atoms with van der Waals surface area (Å²) in [5.41, 5.74) is 3.49. The zero-order valence-electron chi connectivity index (χ0n) is 18.6. The second kappa shape index (κ2) is 8.81. The maximum Gasteiger partial charge on any atom is 0.228 e. The summed E-state index contributed by atoms with van der Waals surface area (Å²) < 4.78 is 4.02. The Labute approximate surface area is 196 Å². The molecule has 1 atom stereocenters. The molecule has 1 unspecified atom stereocenters. The third-order valence-corrected chi connectivity index (χ3v) is 7.83. The van der Waals surface area contributed by atoms with Gasteiger partial charge in [0.05, 0.1) is 18.2 Å². The van der Waals surface area contributed by atoms with E-state index in [0.29, 0.717) is 18.3 Å². The minimum Gasteiger partial charge on any atom is -0.331 e. The minimum absolute atomic E-state index is 0.163. The Hall–Kier alpha value is -2.88. The first-order chi connectivity index (χ1) is 16.2. The van der Waals surface area contributed by atoms with E-state index < -0.39 is 0 Å². The highest BCUT2D eigenvalue weighted by Crippen LogP contribution is 2.36. The Morgan fingerprint density at radius 1 is 1.15 bits per heavy atom. The van der Waals surface area contributed by atoms with Crippen molar-refractivity contribution < 1.29 is 4.79 Å². The highest BCUT2D eigenvalue weighted by molar-refractivity contribution is 7.05. The number of hydrogen-bond donors (Lipinski definition) is 2. The van der Waals surface area contributed by atoms with Crippen LogP contribution in [-0.2, 0) is 24.1 Å². The fraction of sp³-hybridized carbons (Fsp3) is 0.565. The SMILES string of the molecule is O=C(Cc1ncns1)C1CCCN1c1nc2c(c(Nc3cc(C4CCCC4)[nH]n3)n1)CCC2. The molecule has 172 valence electrons. The van der Waals surface area contributed by atoms with Crippen LogP contribution in [0.5, 0.6) is 0 Å². The molecule has 1 aliphatic heterocycles. The van der Waals surface area contributed by atoms with Gasteiger partial charge < -0.3 is 10.2 Å². The number of aromatic amines is 1. The van der Waals surface area contributed by atoms with E-state index in [4.69, 9.17) is 9.97 Å². The van der Waals surface area contributed by atoms with E-state index in [2.05, 4.69) is 35.8 Å². The van der Waals surface area contributed by atoms with Gasteiger partial charge in [-0.1, -0.05) is 12.8 Å². The monoisotopic (exact) mass is 464 g/mol. The number of fused-ring (bicyclic) bond motifs is 1. The van der Waals surface area contributed by atoms with Crippen LogP contribution in [0.3, 0.4) is 0 Å². The first-order valence-corrected chi connectivity index (χ1v) is 12.8. The molecule has 0 aromatic carbocycles. The molecule has 2 aliphatic carbocycles. The molecular formula is C23H28N8OS. The van der Waals surface area contributed by atoms with Crippen LogP contribution < -0.4 is 10.2 Å². The average Bonchev–Trinajstić information content (AvgIpc) is 3.64. The molecule has 3 aliphatic rings. The van der Waals surface area contributed by atoms with E-state index in [1.165, 1.54) is 54.8 Å². The van der Waals surface area contributed by atoms with Crippen LogP contribution in [0.1, 0.15) is 72.8 Å². The third-order valence-electron chi connectivity index (χ3n) is 7.17. The second-order valence-electron chi connectivity index (χ2n) is 9.30. The van der Waals surface area contributed by atoms with E-state index in [9.17, 15) is 4.79 Å². The number of H-pyrrole nitrogens is 1. The summed E-state index contributed by atoms with van der Waals surface area (Å²) in [6.07, 6.45) is 11.7. The van der Waals surface area contributed by atoms with Gasteiger partial charge in [-0.3, -0.25) is 9.89 Å². The molecule has 1 saturated heterocycles. The van der Waals surface area contributed by atoms with Crippen molar-refractivity contribution in [1.82, 2.24) is 29.5 Å². The molecule has 0 radical (unpaired) electrons. The molecule has 4 heterocycles. The molecular weight excluding hydrogens is 436 g/mol. The van der Waals surface area contributed by atoms with Gasteiger partial charge in [0.1, 0.15) is 17.2 Å². The number of anilines is 3. The van der Waals surface area contributed by atoms with Crippen molar-refractivity contribution in [3.05, 3.63) is 34.4 Å². The molecule has 0 spiro atoms. The molecule has 6 rings (SSSR count). The molecule has 2 N–H and O–H groups in total. The van der Waals surface area contributed by atoms with Gasteiger partial charge in [-0.25, -0.2) is 9.97 Å². The van der Waals surface area contributed by atoms with Crippen molar-refractivity contribution in [2.75, 3.05) is 16.8 Å². The Bertz CT molecular complexity index is 1140. The van der Waals surface area contributed by atoms with Gasteiger partial charge >= 0.3 is 0 Å². The van der Waals surface area contributed by atoms with Crippen molar-refractivity contribution in [1.29, 1.82) is 0 Å². The average molecular weight is 465 g/mol. The summed E-state index contributed by atoms with van der Waals surface area (Å²) >= 11 is 1.29. The van der Waals surface area contributed by atoms with Gasteiger partial charge in [-0.15, -0.1) is 0 Å². The number of aromatic nitrogens is 6. The zero-order valence-corrected chi connectivity index (χ0v) is 19.4. The largest absolute Gasteiger partial charge is 0.331 e. The Morgan fingerprint density at radius 3 is 2.91 bits per heavy atom. The van der Waals surface area contributed by atoms with Gasteiger partial charge in [0.15, 0.2) is 11.6 Å². The fourth-order valence-corrected chi connectivity index (χ4v) is 6.02. The summed E-state index contributed by atoms with van der Waals surface area (Å²) in [6, 6.07) is 1.92. The maximum atomic E-state index is 13.0. The van der Waals surface area contributed by atoms with Crippen LogP contribution in [0.15, 0.2) is 12.4 Å². The summed E-state index contributed by atoms with van der Waals surface area (Å²) in [6.45, 7) is 0.791. The number of rotatable bonds is 7. The van der Waals surface area contributed by atoms with E-state index >= 15 is 0 Å². The number of ketones is 1. The van der Waals surface area contributed by atoms with E-state index in [0.717, 1.165) is 61.0 Å². The third kappa shape index (κ3) is 4.12. The molecule has 9 nitrogen and oxygen atoms in total. The molecule has 33 heavy (non-hydrogen) atoms. The Morgan fingerprint density at radius 2 is 2.06 bits per heavy atom. The summed E-state index contributed by atoms with van der Waals surface area (Å²) in [5.74, 6) is 3.04. The van der Waals surface area contributed by atoms with Crippen molar-refractivity contribution >= 4 is 34.9 Å². The lowest BCUT2D eigenvalue weighted by Crippen LogP contribution is -2.38. The zero-order chi connectivity index (χ0) is 22.2. The molecule has 1 saturated carbocycles. The topological polar surface area (TPSA) is 113 Å². The number of carbonyl (C=O) groups excluding carboxylic acids is 1. The number of Topliss-reactive ketones (excluding diaryl/α,β-unsaturated/α-hetero) is 1. The first kappa shape index (κ1) is 20.7. The first-order valence-electron chi connectivity index (χ1n) is 12.0. The fourth-order valence-electron chi connectivity index (χ4n) is 5.50. The van der Waals surface area contributed by atoms with Crippen molar-refractivity contribution in [2.24, 2.45) is 0 Å². The van der Waals surface area contributed by atoms with Crippen LogP contribution >= 0.6 is 11.5 Å².